The van der Waals surface area contributed by atoms with Crippen molar-refractivity contribution in [2.45, 2.75) is 12.8 Å². The number of aromatic nitrogens is 1. The number of H-pyrrole nitrogens is 1. The van der Waals surface area contributed by atoms with Gasteiger partial charge < -0.3 is 24.9 Å². The van der Waals surface area contributed by atoms with Gasteiger partial charge in [-0.05, 0) is 36.8 Å². The SMILES string of the molecule is COc1cccc(C(CNC(=O)c2cc(C)ccc2O)c2c[nH]c3ccccc23)c1OC. The molecule has 3 N–H and O–H groups in total. The van der Waals surface area contributed by atoms with E-state index in [9.17, 15) is 9.90 Å². The average Bonchev–Trinajstić information content (AvgIpc) is 3.24. The van der Waals surface area contributed by atoms with Crippen molar-refractivity contribution in [3.8, 4) is 17.2 Å². The third kappa shape index (κ3) is 3.99. The van der Waals surface area contributed by atoms with Gasteiger partial charge in [-0.3, -0.25) is 4.79 Å². The summed E-state index contributed by atoms with van der Waals surface area (Å²) in [6.07, 6.45) is 1.96. The first kappa shape index (κ1) is 21.3. The van der Waals surface area contributed by atoms with Gasteiger partial charge in [-0.1, -0.05) is 42.0 Å². The Labute approximate surface area is 186 Å². The first-order valence-corrected chi connectivity index (χ1v) is 10.4. The molecule has 4 rings (SSSR count). The Morgan fingerprint density at radius 2 is 1.84 bits per heavy atom. The highest BCUT2D eigenvalue weighted by Gasteiger charge is 2.25. The first-order valence-electron chi connectivity index (χ1n) is 10.4. The summed E-state index contributed by atoms with van der Waals surface area (Å²) in [4.78, 5) is 16.2. The van der Waals surface area contributed by atoms with E-state index in [1.165, 1.54) is 6.07 Å². The van der Waals surface area contributed by atoms with Crippen LogP contribution in [0.3, 0.4) is 0 Å². The molecule has 0 spiro atoms. The van der Waals surface area contributed by atoms with Crippen LogP contribution in [0.2, 0.25) is 0 Å². The fraction of sp³-hybridized carbons (Fsp3) is 0.192. The van der Waals surface area contributed by atoms with Gasteiger partial charge in [0.25, 0.3) is 5.91 Å². The van der Waals surface area contributed by atoms with Gasteiger partial charge >= 0.3 is 0 Å². The molecule has 3 aromatic carbocycles. The fourth-order valence-electron chi connectivity index (χ4n) is 4.08. The number of aromatic hydroxyl groups is 1. The second-order valence-electron chi connectivity index (χ2n) is 7.66. The van der Waals surface area contributed by atoms with Gasteiger partial charge in [0, 0.05) is 35.1 Å². The number of carbonyl (C=O) groups excluding carboxylic acids is 1. The Morgan fingerprint density at radius 1 is 1.03 bits per heavy atom. The Kier molecular flexibility index (Phi) is 6.03. The number of fused-ring (bicyclic) bond motifs is 1. The van der Waals surface area contributed by atoms with Gasteiger partial charge in [0.05, 0.1) is 19.8 Å². The maximum absolute atomic E-state index is 12.9. The van der Waals surface area contributed by atoms with Gasteiger partial charge in [-0.2, -0.15) is 0 Å². The Morgan fingerprint density at radius 3 is 2.62 bits per heavy atom. The third-order valence-corrected chi connectivity index (χ3v) is 5.67. The van der Waals surface area contributed by atoms with Crippen LogP contribution in [0.5, 0.6) is 17.2 Å². The molecule has 1 unspecified atom stereocenters. The molecular formula is C26H26N2O4. The zero-order valence-corrected chi connectivity index (χ0v) is 18.3. The second-order valence-corrected chi connectivity index (χ2v) is 7.66. The highest BCUT2D eigenvalue weighted by molar-refractivity contribution is 5.97. The van der Waals surface area contributed by atoms with E-state index in [0.29, 0.717) is 18.0 Å². The van der Waals surface area contributed by atoms with Crippen LogP contribution in [0.1, 0.15) is 33.0 Å². The molecule has 0 fully saturated rings. The summed E-state index contributed by atoms with van der Waals surface area (Å²) in [5, 5.41) is 14.2. The van der Waals surface area contributed by atoms with Crippen LogP contribution < -0.4 is 14.8 Å². The quantitative estimate of drug-likeness (QED) is 0.395. The van der Waals surface area contributed by atoms with Gasteiger partial charge in [0.15, 0.2) is 11.5 Å². The number of hydrogen-bond acceptors (Lipinski definition) is 4. The number of aryl methyl sites for hydroxylation is 1. The van der Waals surface area contributed by atoms with Crippen LogP contribution in [0.15, 0.2) is 66.9 Å². The van der Waals surface area contributed by atoms with Crippen molar-refractivity contribution in [3.63, 3.8) is 0 Å². The largest absolute Gasteiger partial charge is 0.507 e. The van der Waals surface area contributed by atoms with E-state index in [0.717, 1.165) is 27.6 Å². The summed E-state index contributed by atoms with van der Waals surface area (Å²) in [7, 11) is 3.21. The number of phenolic OH excluding ortho intramolecular Hbond substituents is 1. The fourth-order valence-corrected chi connectivity index (χ4v) is 4.08. The number of rotatable bonds is 7. The van der Waals surface area contributed by atoms with Crippen LogP contribution in [0.4, 0.5) is 0 Å². The van der Waals surface area contributed by atoms with E-state index in [1.807, 2.05) is 49.5 Å². The average molecular weight is 431 g/mol. The number of carbonyl (C=O) groups is 1. The van der Waals surface area contributed by atoms with Gasteiger partial charge in [-0.15, -0.1) is 0 Å². The van der Waals surface area contributed by atoms with Crippen molar-refractivity contribution in [2.75, 3.05) is 20.8 Å². The summed E-state index contributed by atoms with van der Waals surface area (Å²) >= 11 is 0. The molecule has 0 aliphatic rings. The molecular weight excluding hydrogens is 404 g/mol. The molecule has 4 aromatic rings. The van der Waals surface area contributed by atoms with Gasteiger partial charge in [0.1, 0.15) is 5.75 Å². The minimum absolute atomic E-state index is 0.0456. The van der Waals surface area contributed by atoms with E-state index < -0.39 is 0 Å². The Bertz CT molecular complexity index is 1260. The zero-order valence-electron chi connectivity index (χ0n) is 18.3. The third-order valence-electron chi connectivity index (χ3n) is 5.67. The molecule has 1 aromatic heterocycles. The van der Waals surface area contributed by atoms with Crippen molar-refractivity contribution in [1.82, 2.24) is 10.3 Å². The lowest BCUT2D eigenvalue weighted by Crippen LogP contribution is -2.29. The molecule has 0 bridgehead atoms. The number of nitrogens with one attached hydrogen (secondary N) is 2. The van der Waals surface area contributed by atoms with E-state index >= 15 is 0 Å². The molecule has 1 heterocycles. The monoisotopic (exact) mass is 430 g/mol. The highest BCUT2D eigenvalue weighted by atomic mass is 16.5. The van der Waals surface area contributed by atoms with Crippen LogP contribution >= 0.6 is 0 Å². The molecule has 0 saturated carbocycles. The van der Waals surface area contributed by atoms with E-state index in [1.54, 1.807) is 26.4 Å². The van der Waals surface area contributed by atoms with Crippen molar-refractivity contribution >= 4 is 16.8 Å². The zero-order chi connectivity index (χ0) is 22.7. The molecule has 164 valence electrons. The lowest BCUT2D eigenvalue weighted by molar-refractivity contribution is 0.0949. The van der Waals surface area contributed by atoms with Crippen LogP contribution in [-0.4, -0.2) is 36.8 Å². The van der Waals surface area contributed by atoms with Crippen molar-refractivity contribution in [2.24, 2.45) is 0 Å². The molecule has 32 heavy (non-hydrogen) atoms. The summed E-state index contributed by atoms with van der Waals surface area (Å²) in [5.74, 6) is 0.649. The van der Waals surface area contributed by atoms with Gasteiger partial charge in [0.2, 0.25) is 0 Å². The summed E-state index contributed by atoms with van der Waals surface area (Å²) in [6, 6.07) is 18.7. The van der Waals surface area contributed by atoms with Crippen LogP contribution in [0, 0.1) is 6.92 Å². The van der Waals surface area contributed by atoms with E-state index in [2.05, 4.69) is 16.4 Å². The van der Waals surface area contributed by atoms with Crippen molar-refractivity contribution in [1.29, 1.82) is 0 Å². The Balaban J connectivity index is 1.75. The van der Waals surface area contributed by atoms with Crippen molar-refractivity contribution < 1.29 is 19.4 Å². The van der Waals surface area contributed by atoms with E-state index in [4.69, 9.17) is 9.47 Å². The normalized spacial score (nSPS) is 11.8. The number of amides is 1. The maximum Gasteiger partial charge on any atom is 0.255 e. The van der Waals surface area contributed by atoms with Crippen LogP contribution in [-0.2, 0) is 0 Å². The number of benzene rings is 3. The molecule has 0 saturated heterocycles. The summed E-state index contributed by atoms with van der Waals surface area (Å²) in [5.41, 5.74) is 4.08. The molecule has 1 amide bonds. The minimum atomic E-state index is -0.335. The van der Waals surface area contributed by atoms with E-state index in [-0.39, 0.29) is 23.1 Å². The Hall–Kier alpha value is -3.93. The van der Waals surface area contributed by atoms with Crippen molar-refractivity contribution in [3.05, 3.63) is 89.1 Å². The second kappa shape index (κ2) is 9.06. The first-order chi connectivity index (χ1) is 15.5. The number of ether oxygens (including phenoxy) is 2. The molecule has 0 radical (unpaired) electrons. The summed E-state index contributed by atoms with van der Waals surface area (Å²) < 4.78 is 11.2. The standard InChI is InChI=1S/C26H26N2O4/c1-16-11-12-23(29)19(13-16)26(30)28-15-21(18-8-6-10-24(31-2)25(18)32-3)20-14-27-22-9-5-4-7-17(20)22/h4-14,21,27,29H,15H2,1-3H3,(H,28,30). The predicted molar refractivity (Wildman–Crippen MR) is 125 cm³/mol. The lowest BCUT2D eigenvalue weighted by Gasteiger charge is -2.22. The number of phenols is 1. The van der Waals surface area contributed by atoms with Gasteiger partial charge in [-0.25, -0.2) is 0 Å². The van der Waals surface area contributed by atoms with Crippen LogP contribution in [0.25, 0.3) is 10.9 Å². The number of methoxy groups -OCH3 is 2. The molecule has 1 atom stereocenters. The topological polar surface area (TPSA) is 83.6 Å². The minimum Gasteiger partial charge on any atom is -0.507 e. The molecule has 6 heteroatoms. The number of para-hydroxylation sites is 2. The molecule has 0 aliphatic heterocycles. The summed E-state index contributed by atoms with van der Waals surface area (Å²) in [6.45, 7) is 2.18. The number of hydrogen-bond donors (Lipinski definition) is 3. The maximum atomic E-state index is 12.9. The smallest absolute Gasteiger partial charge is 0.255 e. The number of aromatic amines is 1. The molecule has 0 aliphatic carbocycles. The predicted octanol–water partition coefficient (Wildman–Crippen LogP) is 4.76. The lowest BCUT2D eigenvalue weighted by atomic mass is 9.89. The highest BCUT2D eigenvalue weighted by Crippen LogP contribution is 2.40. The molecule has 6 nitrogen and oxygen atoms in total.